The third-order valence-corrected chi connectivity index (χ3v) is 6.87. The first-order valence-corrected chi connectivity index (χ1v) is 14.1. The minimum Gasteiger partial charge on any atom is -0.492 e. The number of nitrogens with zero attached hydrogens (tertiary/aromatic N) is 3. The fourth-order valence-electron chi connectivity index (χ4n) is 4.60. The van der Waals surface area contributed by atoms with Crippen molar-refractivity contribution in [2.45, 2.75) is 57.5 Å². The summed E-state index contributed by atoms with van der Waals surface area (Å²) < 4.78 is 21.3. The highest BCUT2D eigenvalue weighted by Crippen LogP contribution is 2.25. The number of rotatable bonds is 12. The van der Waals surface area contributed by atoms with Crippen molar-refractivity contribution in [1.29, 1.82) is 0 Å². The molecule has 2 aromatic heterocycles. The summed E-state index contributed by atoms with van der Waals surface area (Å²) in [5, 5.41) is 27.8. The third-order valence-electron chi connectivity index (χ3n) is 6.87. The first kappa shape index (κ1) is 33.0. The van der Waals surface area contributed by atoms with Gasteiger partial charge in [-0.1, -0.05) is 12.1 Å². The van der Waals surface area contributed by atoms with Gasteiger partial charge in [-0.25, -0.2) is 13.9 Å². The van der Waals surface area contributed by atoms with E-state index in [-0.39, 0.29) is 30.2 Å². The molecule has 2 aromatic carbocycles. The third kappa shape index (κ3) is 10.0. The number of halogens is 1. The quantitative estimate of drug-likeness (QED) is 0.169. The maximum absolute atomic E-state index is 13.6. The van der Waals surface area contributed by atoms with Crippen molar-refractivity contribution in [3.05, 3.63) is 78.2 Å². The number of carboxylic acids is 2. The molecule has 0 aliphatic carbocycles. The van der Waals surface area contributed by atoms with Crippen molar-refractivity contribution >= 4 is 23.4 Å². The van der Waals surface area contributed by atoms with Gasteiger partial charge >= 0.3 is 11.9 Å². The molecule has 1 aliphatic heterocycles. The van der Waals surface area contributed by atoms with E-state index in [0.29, 0.717) is 31.3 Å². The fourth-order valence-corrected chi connectivity index (χ4v) is 4.60. The second-order valence-corrected chi connectivity index (χ2v) is 10.2. The Balaban J connectivity index is 0.000000399. The maximum atomic E-state index is 13.6. The molecular weight excluding hydrogens is 557 g/mol. The molecule has 0 radical (unpaired) electrons. The number of anilines is 1. The molecule has 3 heterocycles. The van der Waals surface area contributed by atoms with Crippen molar-refractivity contribution in [2.24, 2.45) is 0 Å². The minimum atomic E-state index is -0.870. The topological polar surface area (TPSA) is 170 Å². The molecule has 0 spiro atoms. The molecule has 11 nitrogen and oxygen atoms in total. The van der Waals surface area contributed by atoms with Crippen LogP contribution in [0.3, 0.4) is 0 Å². The van der Waals surface area contributed by atoms with Gasteiger partial charge in [0.25, 0.3) is 0 Å². The second kappa shape index (κ2) is 16.2. The van der Waals surface area contributed by atoms with Crippen LogP contribution < -0.4 is 15.4 Å². The molecule has 1 fully saturated rings. The van der Waals surface area contributed by atoms with Gasteiger partial charge in [0.15, 0.2) is 5.65 Å². The molecule has 6 N–H and O–H groups in total. The summed E-state index contributed by atoms with van der Waals surface area (Å²) >= 11 is 0. The van der Waals surface area contributed by atoms with E-state index in [0.717, 1.165) is 34.8 Å². The summed E-state index contributed by atoms with van der Waals surface area (Å²) in [6, 6.07) is 18.8. The number of hydrogen-bond donors (Lipinski definition) is 4. The van der Waals surface area contributed by atoms with Crippen molar-refractivity contribution in [1.82, 2.24) is 19.9 Å². The van der Waals surface area contributed by atoms with Crippen LogP contribution in [0.15, 0.2) is 66.9 Å². The highest BCUT2D eigenvalue weighted by Gasteiger charge is 2.15. The Kier molecular flexibility index (Phi) is 12.4. The molecule has 0 amide bonds. The number of hydrogen-bond acceptors (Lipinski definition) is 7. The Bertz CT molecular complexity index is 1460. The molecule has 2 atom stereocenters. The Labute approximate surface area is 249 Å². The van der Waals surface area contributed by atoms with Gasteiger partial charge in [0.05, 0.1) is 17.9 Å². The molecule has 1 saturated heterocycles. The number of carboxylic acid groups (broad SMARTS) is 2. The Morgan fingerprint density at radius 3 is 2.44 bits per heavy atom. The lowest BCUT2D eigenvalue weighted by Gasteiger charge is -2.15. The Morgan fingerprint density at radius 2 is 1.81 bits per heavy atom. The van der Waals surface area contributed by atoms with Crippen molar-refractivity contribution < 1.29 is 34.4 Å². The molecule has 1 aliphatic rings. The van der Waals surface area contributed by atoms with E-state index < -0.39 is 11.9 Å². The lowest BCUT2D eigenvalue weighted by Crippen LogP contribution is -2.28. The van der Waals surface area contributed by atoms with Gasteiger partial charge < -0.3 is 31.1 Å². The largest absolute Gasteiger partial charge is 0.492 e. The summed E-state index contributed by atoms with van der Waals surface area (Å²) in [5.41, 5.74) is 3.52. The van der Waals surface area contributed by atoms with Crippen LogP contribution in [0.25, 0.3) is 16.9 Å². The van der Waals surface area contributed by atoms with Crippen LogP contribution in [0.5, 0.6) is 5.75 Å². The number of aromatic nitrogens is 3. The Hall–Kier alpha value is -4.55. The van der Waals surface area contributed by atoms with E-state index in [9.17, 15) is 14.0 Å². The summed E-state index contributed by atoms with van der Waals surface area (Å²) in [7, 11) is 0. The average molecular weight is 596 g/mol. The molecule has 0 bridgehead atoms. The zero-order valence-corrected chi connectivity index (χ0v) is 24.0. The zero-order chi connectivity index (χ0) is 29.9. The number of ether oxygens (including phenoxy) is 1. The van der Waals surface area contributed by atoms with Gasteiger partial charge in [-0.05, 0) is 93.2 Å². The number of benzene rings is 2. The highest BCUT2D eigenvalue weighted by molar-refractivity contribution is 5.68. The molecule has 0 unspecified atom stereocenters. The van der Waals surface area contributed by atoms with E-state index in [1.165, 1.54) is 25.0 Å². The monoisotopic (exact) mass is 595 g/mol. The number of carbonyl (C=O) groups is 2. The van der Waals surface area contributed by atoms with Crippen molar-refractivity contribution in [3.63, 3.8) is 0 Å². The van der Waals surface area contributed by atoms with Crippen LogP contribution in [-0.4, -0.2) is 61.4 Å². The van der Waals surface area contributed by atoms with Crippen LogP contribution in [-0.2, 0) is 9.59 Å². The maximum Gasteiger partial charge on any atom is 0.303 e. The second-order valence-electron chi connectivity index (χ2n) is 10.2. The van der Waals surface area contributed by atoms with Gasteiger partial charge in [0.1, 0.15) is 24.0 Å². The van der Waals surface area contributed by atoms with Gasteiger partial charge in [0, 0.05) is 24.4 Å². The average Bonchev–Trinajstić information content (AvgIpc) is 3.65. The summed E-state index contributed by atoms with van der Waals surface area (Å²) in [5.74, 6) is -0.438. The van der Waals surface area contributed by atoms with Crippen molar-refractivity contribution in [3.8, 4) is 17.0 Å². The predicted octanol–water partition coefficient (Wildman–Crippen LogP) is 4.73. The van der Waals surface area contributed by atoms with E-state index in [1.54, 1.807) is 6.07 Å². The minimum absolute atomic E-state index is 0. The number of fused-ring (bicyclic) bond motifs is 1. The van der Waals surface area contributed by atoms with Gasteiger partial charge in [0.2, 0.25) is 0 Å². The van der Waals surface area contributed by atoms with Crippen molar-refractivity contribution in [2.75, 3.05) is 18.5 Å². The van der Waals surface area contributed by atoms with E-state index in [1.807, 2.05) is 60.1 Å². The van der Waals surface area contributed by atoms with Crippen LogP contribution in [0.2, 0.25) is 0 Å². The molecule has 12 heteroatoms. The zero-order valence-electron chi connectivity index (χ0n) is 24.0. The smallest absolute Gasteiger partial charge is 0.303 e. The SMILES string of the molecule is C[C@@H](Nc1ccc2ncc(-c3ccc(OC[C@@H]4CCCN4)cc3)n2n1)c1cccc(F)c1.O.O=C(O)CCCCC(=O)O. The molecular formula is C31H38FN5O6. The normalized spacial score (nSPS) is 14.7. The number of unbranched alkanes of at least 4 members (excludes halogenated alkanes) is 1. The fraction of sp³-hybridized carbons (Fsp3) is 0.355. The van der Waals surface area contributed by atoms with Crippen LogP contribution in [0.4, 0.5) is 10.2 Å². The first-order valence-electron chi connectivity index (χ1n) is 14.1. The predicted molar refractivity (Wildman–Crippen MR) is 161 cm³/mol. The van der Waals surface area contributed by atoms with Gasteiger partial charge in [-0.15, -0.1) is 5.10 Å². The van der Waals surface area contributed by atoms with E-state index in [2.05, 4.69) is 15.6 Å². The number of nitrogens with one attached hydrogen (secondary N) is 2. The number of aliphatic carboxylic acids is 2. The highest BCUT2D eigenvalue weighted by atomic mass is 19.1. The van der Waals surface area contributed by atoms with Crippen LogP contribution in [0.1, 0.15) is 57.1 Å². The molecule has 4 aromatic rings. The molecule has 43 heavy (non-hydrogen) atoms. The van der Waals surface area contributed by atoms with Crippen LogP contribution >= 0.6 is 0 Å². The molecule has 0 saturated carbocycles. The summed E-state index contributed by atoms with van der Waals surface area (Å²) in [4.78, 5) is 24.3. The summed E-state index contributed by atoms with van der Waals surface area (Å²) in [6.45, 7) is 3.75. The molecule has 230 valence electrons. The van der Waals surface area contributed by atoms with E-state index >= 15 is 0 Å². The Morgan fingerprint density at radius 1 is 1.09 bits per heavy atom. The first-order chi connectivity index (χ1) is 20.3. The lowest BCUT2D eigenvalue weighted by molar-refractivity contribution is -0.139. The van der Waals surface area contributed by atoms with E-state index in [4.69, 9.17) is 20.0 Å². The van der Waals surface area contributed by atoms with Gasteiger partial charge in [-0.2, -0.15) is 0 Å². The number of imidazole rings is 1. The summed E-state index contributed by atoms with van der Waals surface area (Å²) in [6.07, 6.45) is 5.22. The lowest BCUT2D eigenvalue weighted by atomic mass is 10.1. The standard InChI is InChI=1S/C25H26FN5O.C6H10O4.H2O/c1-17(19-4-2-5-20(26)14-19)29-24-11-12-25-28-15-23(31(25)30-24)18-7-9-22(10-8-18)32-16-21-6-3-13-27-21;7-5(8)3-1-2-4-6(9)10;/h2,4-5,7-12,14-15,17,21,27H,3,6,13,16H2,1H3,(H,29,30);1-4H2,(H,7,8)(H,9,10);1H2/t17-,21+;;/m1../s1. The van der Waals surface area contributed by atoms with Gasteiger partial charge in [-0.3, -0.25) is 9.59 Å². The van der Waals surface area contributed by atoms with Crippen LogP contribution in [0, 0.1) is 5.82 Å². The molecule has 5 rings (SSSR count).